The number of aromatic nitrogens is 3. The summed E-state index contributed by atoms with van der Waals surface area (Å²) >= 11 is 1.23. The topological polar surface area (TPSA) is 112 Å². The number of amides is 1. The molecule has 0 spiro atoms. The van der Waals surface area contributed by atoms with E-state index in [9.17, 15) is 13.2 Å². The second kappa shape index (κ2) is 9.52. The molecule has 2 aromatic rings. The van der Waals surface area contributed by atoms with Crippen molar-refractivity contribution >= 4 is 33.2 Å². The molecule has 0 saturated carbocycles. The summed E-state index contributed by atoms with van der Waals surface area (Å²) in [6.45, 7) is 4.19. The Morgan fingerprint density at radius 3 is 2.57 bits per heavy atom. The number of benzene rings is 1. The van der Waals surface area contributed by atoms with Gasteiger partial charge in [0.2, 0.25) is 5.91 Å². The Kier molecular flexibility index (Phi) is 7.03. The van der Waals surface area contributed by atoms with Gasteiger partial charge >= 0.3 is 0 Å². The second-order valence-corrected chi connectivity index (χ2v) is 9.95. The lowest BCUT2D eigenvalue weighted by molar-refractivity contribution is -0.113. The van der Waals surface area contributed by atoms with Crippen LogP contribution >= 0.6 is 11.8 Å². The van der Waals surface area contributed by atoms with Gasteiger partial charge in [-0.05, 0) is 6.42 Å². The molecule has 11 heteroatoms. The van der Waals surface area contributed by atoms with Crippen LogP contribution in [0.25, 0.3) is 0 Å². The van der Waals surface area contributed by atoms with Gasteiger partial charge in [0.15, 0.2) is 15.0 Å². The maximum Gasteiger partial charge on any atom is 0.234 e. The van der Waals surface area contributed by atoms with Gasteiger partial charge in [-0.2, -0.15) is 0 Å². The van der Waals surface area contributed by atoms with Gasteiger partial charge in [0.05, 0.1) is 31.5 Å². The average molecular weight is 453 g/mol. The van der Waals surface area contributed by atoms with Crippen LogP contribution in [0.2, 0.25) is 0 Å². The molecule has 1 aliphatic rings. The molecular formula is C19H24N4O5S2. The van der Waals surface area contributed by atoms with Crippen molar-refractivity contribution in [3.05, 3.63) is 36.7 Å². The SMILES string of the molecule is C=CCn1c(SCC(=O)Nc2cc(OC)cc(OC)c2)nnc1C1CCS(=O)(=O)C1. The third-order valence-corrected chi connectivity index (χ3v) is 7.36. The van der Waals surface area contributed by atoms with Crippen LogP contribution in [0.1, 0.15) is 18.2 Å². The van der Waals surface area contributed by atoms with Crippen molar-refractivity contribution in [2.45, 2.75) is 24.0 Å². The van der Waals surface area contributed by atoms with Crippen LogP contribution in [0.3, 0.4) is 0 Å². The van der Waals surface area contributed by atoms with Gasteiger partial charge in [0.1, 0.15) is 17.3 Å². The number of hydrogen-bond acceptors (Lipinski definition) is 8. The van der Waals surface area contributed by atoms with E-state index in [4.69, 9.17) is 9.47 Å². The highest BCUT2D eigenvalue weighted by Gasteiger charge is 2.33. The van der Waals surface area contributed by atoms with Crippen molar-refractivity contribution in [1.29, 1.82) is 0 Å². The summed E-state index contributed by atoms with van der Waals surface area (Å²) in [6.07, 6.45) is 2.23. The Morgan fingerprint density at radius 1 is 1.30 bits per heavy atom. The first-order valence-corrected chi connectivity index (χ1v) is 12.1. The zero-order valence-corrected chi connectivity index (χ0v) is 18.5. The molecule has 9 nitrogen and oxygen atoms in total. The summed E-state index contributed by atoms with van der Waals surface area (Å²) in [5, 5.41) is 11.7. The highest BCUT2D eigenvalue weighted by atomic mass is 32.2. The number of methoxy groups -OCH3 is 2. The van der Waals surface area contributed by atoms with E-state index >= 15 is 0 Å². The molecule has 1 amide bonds. The zero-order valence-electron chi connectivity index (χ0n) is 16.8. The third kappa shape index (κ3) is 5.33. The van der Waals surface area contributed by atoms with Crippen LogP contribution < -0.4 is 14.8 Å². The van der Waals surface area contributed by atoms with Gasteiger partial charge in [0.25, 0.3) is 0 Å². The minimum absolute atomic E-state index is 0.0745. The molecule has 1 unspecified atom stereocenters. The van der Waals surface area contributed by atoms with Gasteiger partial charge in [-0.15, -0.1) is 16.8 Å². The summed E-state index contributed by atoms with van der Waals surface area (Å²) in [6, 6.07) is 5.11. The maximum absolute atomic E-state index is 12.4. The summed E-state index contributed by atoms with van der Waals surface area (Å²) < 4.78 is 35.9. The predicted molar refractivity (Wildman–Crippen MR) is 115 cm³/mol. The molecule has 1 aromatic carbocycles. The van der Waals surface area contributed by atoms with E-state index in [1.54, 1.807) is 24.3 Å². The van der Waals surface area contributed by atoms with Crippen LogP contribution in [0.5, 0.6) is 11.5 Å². The summed E-state index contributed by atoms with van der Waals surface area (Å²) in [7, 11) is 0.0388. The number of hydrogen-bond donors (Lipinski definition) is 1. The number of rotatable bonds is 9. The highest BCUT2D eigenvalue weighted by Crippen LogP contribution is 2.30. The number of sulfone groups is 1. The number of nitrogens with one attached hydrogen (secondary N) is 1. The minimum Gasteiger partial charge on any atom is -0.497 e. The lowest BCUT2D eigenvalue weighted by Gasteiger charge is -2.12. The molecule has 0 aliphatic carbocycles. The van der Waals surface area contributed by atoms with Crippen LogP contribution in [-0.4, -0.2) is 60.6 Å². The monoisotopic (exact) mass is 452 g/mol. The third-order valence-electron chi connectivity index (χ3n) is 4.62. The fraction of sp³-hybridized carbons (Fsp3) is 0.421. The Labute approximate surface area is 179 Å². The van der Waals surface area contributed by atoms with Gasteiger partial charge in [-0.1, -0.05) is 17.8 Å². The van der Waals surface area contributed by atoms with E-state index in [-0.39, 0.29) is 29.1 Å². The first-order valence-electron chi connectivity index (χ1n) is 9.25. The van der Waals surface area contributed by atoms with Gasteiger partial charge in [0, 0.05) is 36.3 Å². The summed E-state index contributed by atoms with van der Waals surface area (Å²) in [5.41, 5.74) is 0.557. The Bertz CT molecular complexity index is 1010. The number of ether oxygens (including phenoxy) is 2. The van der Waals surface area contributed by atoms with E-state index in [2.05, 4.69) is 22.1 Å². The Morgan fingerprint density at radius 2 is 2.00 bits per heavy atom. The fourth-order valence-corrected chi connectivity index (χ4v) is 5.71. The Balaban J connectivity index is 1.68. The van der Waals surface area contributed by atoms with E-state index in [0.717, 1.165) is 0 Å². The van der Waals surface area contributed by atoms with Gasteiger partial charge < -0.3 is 19.4 Å². The normalized spacial score (nSPS) is 17.5. The van der Waals surface area contributed by atoms with Crippen molar-refractivity contribution in [3.8, 4) is 11.5 Å². The van der Waals surface area contributed by atoms with E-state index in [0.29, 0.717) is 41.1 Å². The number of carbonyl (C=O) groups is 1. The lowest BCUT2D eigenvalue weighted by Crippen LogP contribution is -2.15. The standard InChI is InChI=1S/C19H24N4O5S2/c1-4-6-23-18(13-5-7-30(25,26)12-13)21-22-19(23)29-11-17(24)20-14-8-15(27-2)10-16(9-14)28-3/h4,8-10,13H,1,5-7,11-12H2,2-3H3,(H,20,24). The van der Waals surface area contributed by atoms with Crippen molar-refractivity contribution in [1.82, 2.24) is 14.8 Å². The summed E-state index contributed by atoms with van der Waals surface area (Å²) in [5.74, 6) is 1.69. The molecule has 0 radical (unpaired) electrons. The van der Waals surface area contributed by atoms with Crippen molar-refractivity contribution in [3.63, 3.8) is 0 Å². The molecule has 1 saturated heterocycles. The lowest BCUT2D eigenvalue weighted by atomic mass is 10.1. The quantitative estimate of drug-likeness (QED) is 0.455. The molecule has 0 bridgehead atoms. The molecule has 162 valence electrons. The first-order chi connectivity index (χ1) is 14.3. The molecule has 3 rings (SSSR count). The van der Waals surface area contributed by atoms with Crippen LogP contribution in [0.4, 0.5) is 5.69 Å². The second-order valence-electron chi connectivity index (χ2n) is 6.78. The first kappa shape index (κ1) is 22.2. The maximum atomic E-state index is 12.4. The fourth-order valence-electron chi connectivity index (χ4n) is 3.21. The molecule has 2 heterocycles. The molecule has 1 N–H and O–H groups in total. The zero-order chi connectivity index (χ0) is 21.7. The highest BCUT2D eigenvalue weighted by molar-refractivity contribution is 7.99. The van der Waals surface area contributed by atoms with E-state index in [1.165, 1.54) is 26.0 Å². The molecule has 1 aliphatic heterocycles. The Hall–Kier alpha value is -2.53. The molecule has 1 fully saturated rings. The number of nitrogens with zero attached hydrogens (tertiary/aromatic N) is 3. The molecule has 1 atom stereocenters. The number of anilines is 1. The number of thioether (sulfide) groups is 1. The van der Waals surface area contributed by atoms with E-state index in [1.807, 2.05) is 4.57 Å². The molecule has 30 heavy (non-hydrogen) atoms. The van der Waals surface area contributed by atoms with Crippen LogP contribution in [0.15, 0.2) is 36.0 Å². The van der Waals surface area contributed by atoms with Gasteiger partial charge in [-0.3, -0.25) is 4.79 Å². The smallest absolute Gasteiger partial charge is 0.234 e. The predicted octanol–water partition coefficient (Wildman–Crippen LogP) is 2.11. The van der Waals surface area contributed by atoms with E-state index < -0.39 is 9.84 Å². The summed E-state index contributed by atoms with van der Waals surface area (Å²) in [4.78, 5) is 12.4. The van der Waals surface area contributed by atoms with Crippen LogP contribution in [-0.2, 0) is 21.2 Å². The van der Waals surface area contributed by atoms with Crippen LogP contribution in [0, 0.1) is 0 Å². The minimum atomic E-state index is -3.04. The van der Waals surface area contributed by atoms with Crippen molar-refractivity contribution in [2.75, 3.05) is 36.8 Å². The van der Waals surface area contributed by atoms with Gasteiger partial charge in [-0.25, -0.2) is 8.42 Å². The molecular weight excluding hydrogens is 428 g/mol. The number of allylic oxidation sites excluding steroid dienone is 1. The average Bonchev–Trinajstić information content (AvgIpc) is 3.28. The number of carbonyl (C=O) groups excluding carboxylic acids is 1. The van der Waals surface area contributed by atoms with Crippen molar-refractivity contribution in [2.24, 2.45) is 0 Å². The van der Waals surface area contributed by atoms with Crippen molar-refractivity contribution < 1.29 is 22.7 Å². The largest absolute Gasteiger partial charge is 0.497 e. The molecule has 1 aromatic heterocycles.